The molecule has 0 amide bonds. The second kappa shape index (κ2) is 12.6. The van der Waals surface area contributed by atoms with Gasteiger partial charge in [-0.3, -0.25) is 0 Å². The smallest absolute Gasteiger partial charge is 0.124 e. The molecule has 0 saturated heterocycles. The maximum atomic E-state index is 14.1. The second-order valence-corrected chi connectivity index (χ2v) is 10.8. The Hall–Kier alpha value is -4.86. The summed E-state index contributed by atoms with van der Waals surface area (Å²) >= 11 is 0. The minimum atomic E-state index is -0.994. The summed E-state index contributed by atoms with van der Waals surface area (Å²) in [5, 5.41) is 0. The van der Waals surface area contributed by atoms with Crippen LogP contribution in [-0.4, -0.2) is 0 Å². The molecule has 212 valence electrons. The number of ether oxygens (including phenoxy) is 1. The van der Waals surface area contributed by atoms with E-state index in [1.807, 2.05) is 97.1 Å². The van der Waals surface area contributed by atoms with Gasteiger partial charge in [-0.25, -0.2) is 8.78 Å². The predicted octanol–water partition coefficient (Wildman–Crippen LogP) is 9.65. The molecule has 0 heterocycles. The lowest BCUT2D eigenvalue weighted by atomic mass is 9.76. The Morgan fingerprint density at radius 1 is 0.349 bits per heavy atom. The summed E-state index contributed by atoms with van der Waals surface area (Å²) in [4.78, 5) is 0. The maximum absolute atomic E-state index is 14.1. The summed E-state index contributed by atoms with van der Waals surface area (Å²) in [7, 11) is 0. The van der Waals surface area contributed by atoms with E-state index < -0.39 is 11.2 Å². The zero-order chi connectivity index (χ0) is 29.5. The molecule has 43 heavy (non-hydrogen) atoms. The predicted molar refractivity (Wildman–Crippen MR) is 169 cm³/mol. The average molecular weight is 567 g/mol. The quantitative estimate of drug-likeness (QED) is 0.160. The number of rotatable bonds is 10. The molecule has 6 rings (SSSR count). The Morgan fingerprint density at radius 3 is 0.860 bits per heavy atom. The molecule has 0 fully saturated rings. The van der Waals surface area contributed by atoms with Crippen LogP contribution < -0.4 is 0 Å². The first-order valence-electron chi connectivity index (χ1n) is 14.5. The van der Waals surface area contributed by atoms with Gasteiger partial charge in [-0.15, -0.1) is 0 Å². The Labute approximate surface area is 252 Å². The summed E-state index contributed by atoms with van der Waals surface area (Å²) in [5.41, 5.74) is 3.78. The van der Waals surface area contributed by atoms with E-state index in [9.17, 15) is 8.78 Å². The van der Waals surface area contributed by atoms with Crippen molar-refractivity contribution in [1.29, 1.82) is 0 Å². The molecule has 1 nitrogen and oxygen atoms in total. The van der Waals surface area contributed by atoms with E-state index in [1.54, 1.807) is 0 Å². The van der Waals surface area contributed by atoms with Gasteiger partial charge in [0.25, 0.3) is 0 Å². The highest BCUT2D eigenvalue weighted by Crippen LogP contribution is 2.48. The number of benzene rings is 6. The van der Waals surface area contributed by atoms with Gasteiger partial charge < -0.3 is 4.74 Å². The van der Waals surface area contributed by atoms with Crippen LogP contribution in [0.1, 0.15) is 33.4 Å². The molecule has 0 aliphatic carbocycles. The minimum Gasteiger partial charge on any atom is -0.349 e. The lowest BCUT2D eigenvalue weighted by Crippen LogP contribution is -2.45. The first-order chi connectivity index (χ1) is 21.1. The monoisotopic (exact) mass is 566 g/mol. The third kappa shape index (κ3) is 6.04. The maximum Gasteiger partial charge on any atom is 0.124 e. The summed E-state index contributed by atoms with van der Waals surface area (Å²) in [6, 6.07) is 54.2. The van der Waals surface area contributed by atoms with E-state index in [2.05, 4.69) is 48.5 Å². The molecule has 0 saturated carbocycles. The van der Waals surface area contributed by atoms with Crippen molar-refractivity contribution in [3.05, 3.63) is 215 Å². The van der Waals surface area contributed by atoms with Gasteiger partial charge in [-0.2, -0.15) is 0 Å². The lowest BCUT2D eigenvalue weighted by Gasteiger charge is -2.46. The topological polar surface area (TPSA) is 9.23 Å². The molecular formula is C40H32F2O. The standard InChI is InChI=1S/C40H32F2O/c41-37-25-21-31(22-26-37)29-39(33-13-5-1-6-14-33,34-15-7-2-8-16-34)43-40(35-17-9-3-10-18-35,36-19-11-4-12-20-36)30-32-23-27-38(42)28-24-32/h1-28H,29-30H2. The van der Waals surface area contributed by atoms with Crippen molar-refractivity contribution in [2.75, 3.05) is 0 Å². The van der Waals surface area contributed by atoms with Crippen molar-refractivity contribution in [3.8, 4) is 0 Å². The molecule has 0 radical (unpaired) electrons. The molecule has 6 aromatic carbocycles. The summed E-state index contributed by atoms with van der Waals surface area (Å²) in [5.74, 6) is -0.567. The Morgan fingerprint density at radius 2 is 0.605 bits per heavy atom. The van der Waals surface area contributed by atoms with Gasteiger partial charge in [0.15, 0.2) is 0 Å². The van der Waals surface area contributed by atoms with E-state index >= 15 is 0 Å². The number of halogens is 2. The van der Waals surface area contributed by atoms with Crippen LogP contribution in [0.2, 0.25) is 0 Å². The highest BCUT2D eigenvalue weighted by Gasteiger charge is 2.47. The first kappa shape index (κ1) is 28.3. The van der Waals surface area contributed by atoms with Crippen molar-refractivity contribution >= 4 is 0 Å². The normalized spacial score (nSPS) is 11.8. The zero-order valence-electron chi connectivity index (χ0n) is 23.7. The Kier molecular flexibility index (Phi) is 8.26. The molecule has 6 aromatic rings. The van der Waals surface area contributed by atoms with Crippen molar-refractivity contribution in [2.45, 2.75) is 24.0 Å². The highest BCUT2D eigenvalue weighted by molar-refractivity contribution is 5.44. The third-order valence-electron chi connectivity index (χ3n) is 8.04. The van der Waals surface area contributed by atoms with Crippen LogP contribution >= 0.6 is 0 Å². The molecule has 0 N–H and O–H groups in total. The fourth-order valence-electron chi connectivity index (χ4n) is 5.96. The van der Waals surface area contributed by atoms with E-state index in [0.717, 1.165) is 33.4 Å². The van der Waals surface area contributed by atoms with Crippen LogP contribution in [0.5, 0.6) is 0 Å². The molecule has 0 aromatic heterocycles. The van der Waals surface area contributed by atoms with Crippen molar-refractivity contribution in [1.82, 2.24) is 0 Å². The molecular weight excluding hydrogens is 534 g/mol. The van der Waals surface area contributed by atoms with Crippen LogP contribution in [0.4, 0.5) is 8.78 Å². The lowest BCUT2D eigenvalue weighted by molar-refractivity contribution is -0.126. The second-order valence-electron chi connectivity index (χ2n) is 10.8. The Bertz CT molecular complexity index is 1510. The number of hydrogen-bond donors (Lipinski definition) is 0. The van der Waals surface area contributed by atoms with Crippen LogP contribution in [0.3, 0.4) is 0 Å². The van der Waals surface area contributed by atoms with E-state index in [-0.39, 0.29) is 11.6 Å². The van der Waals surface area contributed by atoms with Gasteiger partial charge in [0, 0.05) is 12.8 Å². The van der Waals surface area contributed by atoms with Gasteiger partial charge in [-0.05, 0) is 57.6 Å². The van der Waals surface area contributed by atoms with E-state index in [0.29, 0.717) is 12.8 Å². The molecule has 0 spiro atoms. The number of hydrogen-bond acceptors (Lipinski definition) is 1. The van der Waals surface area contributed by atoms with Crippen LogP contribution in [0.15, 0.2) is 170 Å². The van der Waals surface area contributed by atoms with Crippen molar-refractivity contribution in [2.24, 2.45) is 0 Å². The van der Waals surface area contributed by atoms with E-state index in [4.69, 9.17) is 4.74 Å². The van der Waals surface area contributed by atoms with Crippen LogP contribution in [-0.2, 0) is 28.8 Å². The van der Waals surface area contributed by atoms with Crippen molar-refractivity contribution in [3.63, 3.8) is 0 Å². The average Bonchev–Trinajstić information content (AvgIpc) is 3.07. The van der Waals surface area contributed by atoms with Crippen LogP contribution in [0, 0.1) is 11.6 Å². The van der Waals surface area contributed by atoms with E-state index in [1.165, 1.54) is 24.3 Å². The van der Waals surface area contributed by atoms with Gasteiger partial charge in [-0.1, -0.05) is 146 Å². The van der Waals surface area contributed by atoms with Gasteiger partial charge in [0.1, 0.15) is 22.8 Å². The summed E-state index contributed by atoms with van der Waals surface area (Å²) in [6.45, 7) is 0. The molecule has 0 aliphatic rings. The fraction of sp³-hybridized carbons (Fsp3) is 0.100. The SMILES string of the molecule is Fc1ccc(CC(OC(Cc2ccc(F)cc2)(c2ccccc2)c2ccccc2)(c2ccccc2)c2ccccc2)cc1. The highest BCUT2D eigenvalue weighted by atomic mass is 19.1. The summed E-state index contributed by atoms with van der Waals surface area (Å²) in [6.07, 6.45) is 0.901. The van der Waals surface area contributed by atoms with Gasteiger partial charge in [0.05, 0.1) is 0 Å². The zero-order valence-corrected chi connectivity index (χ0v) is 23.7. The van der Waals surface area contributed by atoms with Crippen molar-refractivity contribution < 1.29 is 13.5 Å². The molecule has 0 aliphatic heterocycles. The summed E-state index contributed by atoms with van der Waals surface area (Å²) < 4.78 is 36.0. The Balaban J connectivity index is 1.66. The third-order valence-corrected chi connectivity index (χ3v) is 8.04. The molecule has 0 atom stereocenters. The molecule has 3 heteroatoms. The van der Waals surface area contributed by atoms with Crippen LogP contribution in [0.25, 0.3) is 0 Å². The molecule has 0 unspecified atom stereocenters. The minimum absolute atomic E-state index is 0.283. The fourth-order valence-corrected chi connectivity index (χ4v) is 5.96. The first-order valence-corrected chi connectivity index (χ1v) is 14.5. The van der Waals surface area contributed by atoms with Gasteiger partial charge in [0.2, 0.25) is 0 Å². The molecule has 0 bridgehead atoms. The largest absolute Gasteiger partial charge is 0.349 e. The van der Waals surface area contributed by atoms with Gasteiger partial charge >= 0.3 is 0 Å².